The topological polar surface area (TPSA) is 69.4 Å². The smallest absolute Gasteiger partial charge is 0.311 e. The zero-order chi connectivity index (χ0) is 11.6. The largest absolute Gasteiger partial charge is 0.433 e. The molecule has 0 saturated heterocycles. The summed E-state index contributed by atoms with van der Waals surface area (Å²) in [5.74, 6) is 1.59. The second-order valence-corrected chi connectivity index (χ2v) is 5.82. The van der Waals surface area contributed by atoms with Gasteiger partial charge in [0.1, 0.15) is 0 Å². The van der Waals surface area contributed by atoms with Crippen LogP contribution in [0, 0.1) is 10.1 Å². The van der Waals surface area contributed by atoms with Crippen LogP contribution in [0.1, 0.15) is 6.42 Å². The predicted molar refractivity (Wildman–Crippen MR) is 60.0 cm³/mol. The van der Waals surface area contributed by atoms with Crippen LogP contribution in [-0.4, -0.2) is 11.1 Å². The van der Waals surface area contributed by atoms with E-state index in [9.17, 15) is 14.7 Å². The number of hydrogen-bond donors (Lipinski definition) is 0. The van der Waals surface area contributed by atoms with Gasteiger partial charge in [-0.2, -0.15) is 0 Å². The van der Waals surface area contributed by atoms with Gasteiger partial charge in [0.2, 0.25) is 5.75 Å². The fourth-order valence-corrected chi connectivity index (χ4v) is 3.26. The van der Waals surface area contributed by atoms with Gasteiger partial charge in [0.05, 0.1) is 4.92 Å². The van der Waals surface area contributed by atoms with Crippen LogP contribution in [0.4, 0.5) is 5.69 Å². The van der Waals surface area contributed by atoms with Gasteiger partial charge in [-0.3, -0.25) is 14.7 Å². The molecule has 1 aliphatic rings. The summed E-state index contributed by atoms with van der Waals surface area (Å²) in [6.45, 7) is 0. The van der Waals surface area contributed by atoms with E-state index in [1.807, 2.05) is 0 Å². The Hall–Kier alpha value is -1.61. The van der Waals surface area contributed by atoms with Crippen molar-refractivity contribution in [3.8, 4) is 5.75 Å². The molecule has 0 saturated carbocycles. The molecule has 16 heavy (non-hydrogen) atoms. The number of allylic oxidation sites excluding steroid dienone is 1. The lowest BCUT2D eigenvalue weighted by Gasteiger charge is -2.11. The summed E-state index contributed by atoms with van der Waals surface area (Å²) in [5.41, 5.74) is -0.155. The number of rotatable bonds is 3. The highest BCUT2D eigenvalue weighted by molar-refractivity contribution is 7.62. The summed E-state index contributed by atoms with van der Waals surface area (Å²) in [6.07, 6.45) is 2.88. The lowest BCUT2D eigenvalue weighted by Crippen LogP contribution is -1.96. The number of hydrogen-bond acceptors (Lipinski definition) is 4. The molecule has 1 unspecified atom stereocenters. The Morgan fingerprint density at radius 1 is 1.38 bits per heavy atom. The van der Waals surface area contributed by atoms with Crippen molar-refractivity contribution in [1.29, 1.82) is 0 Å². The van der Waals surface area contributed by atoms with Gasteiger partial charge in [0, 0.05) is 18.0 Å². The van der Waals surface area contributed by atoms with Gasteiger partial charge in [-0.25, -0.2) is 0 Å². The Kier molecular flexibility index (Phi) is 2.79. The molecule has 1 atom stereocenters. The molecule has 0 N–H and O–H groups in total. The molecule has 0 amide bonds. The van der Waals surface area contributed by atoms with E-state index >= 15 is 0 Å². The second kappa shape index (κ2) is 4.10. The maximum Gasteiger partial charge on any atom is 0.311 e. The highest BCUT2D eigenvalue weighted by atomic mass is 31.2. The minimum absolute atomic E-state index is 0.0717. The molecule has 5 nitrogen and oxygen atoms in total. The quantitative estimate of drug-likeness (QED) is 0.461. The first-order valence-corrected chi connectivity index (χ1v) is 6.68. The normalized spacial score (nSPS) is 23.2. The van der Waals surface area contributed by atoms with E-state index in [1.165, 1.54) is 17.9 Å². The molecule has 0 bridgehead atoms. The van der Waals surface area contributed by atoms with Crippen molar-refractivity contribution in [2.75, 3.05) is 6.16 Å². The highest BCUT2D eigenvalue weighted by Crippen LogP contribution is 2.53. The Morgan fingerprint density at radius 3 is 2.75 bits per heavy atom. The Morgan fingerprint density at radius 2 is 2.12 bits per heavy atom. The maximum absolute atomic E-state index is 12.0. The average molecular weight is 239 g/mol. The molecule has 0 fully saturated rings. The lowest BCUT2D eigenvalue weighted by molar-refractivity contribution is -0.385. The zero-order valence-corrected chi connectivity index (χ0v) is 9.30. The van der Waals surface area contributed by atoms with Crippen LogP contribution < -0.4 is 4.52 Å². The van der Waals surface area contributed by atoms with Gasteiger partial charge in [0.15, 0.2) is 0 Å². The molecule has 1 aromatic rings. The van der Waals surface area contributed by atoms with E-state index in [1.54, 1.807) is 18.2 Å². The minimum atomic E-state index is -2.84. The number of nitrogens with zero attached hydrogens (tertiary/aromatic N) is 1. The van der Waals surface area contributed by atoms with Gasteiger partial charge < -0.3 is 4.52 Å². The number of para-hydroxylation sites is 2. The average Bonchev–Trinajstić information content (AvgIpc) is 2.65. The van der Waals surface area contributed by atoms with Crippen molar-refractivity contribution in [1.82, 2.24) is 0 Å². The standard InChI is InChI=1S/C10H10NO4P/c12-11(13)9-5-1-2-6-10(9)15-16(14)7-3-4-8-16/h1-3,5-7H,4,8H2. The molecule has 0 radical (unpaired) electrons. The van der Waals surface area contributed by atoms with Crippen LogP contribution in [0.3, 0.4) is 0 Å². The van der Waals surface area contributed by atoms with E-state index in [0.717, 1.165) is 0 Å². The van der Waals surface area contributed by atoms with E-state index in [-0.39, 0.29) is 11.4 Å². The summed E-state index contributed by atoms with van der Waals surface area (Å²) in [5, 5.41) is 10.7. The molecule has 0 aliphatic carbocycles. The second-order valence-electron chi connectivity index (χ2n) is 3.44. The summed E-state index contributed by atoms with van der Waals surface area (Å²) >= 11 is 0. The fourth-order valence-electron chi connectivity index (χ4n) is 1.49. The third-order valence-corrected chi connectivity index (χ3v) is 4.31. The van der Waals surface area contributed by atoms with Crippen molar-refractivity contribution in [3.63, 3.8) is 0 Å². The predicted octanol–water partition coefficient (Wildman–Crippen LogP) is 3.17. The summed E-state index contributed by atoms with van der Waals surface area (Å²) in [6, 6.07) is 5.96. The van der Waals surface area contributed by atoms with Gasteiger partial charge in [-0.05, 0) is 12.5 Å². The summed E-state index contributed by atoms with van der Waals surface area (Å²) < 4.78 is 17.3. The fraction of sp³-hybridized carbons (Fsp3) is 0.200. The first-order chi connectivity index (χ1) is 7.61. The number of nitro groups is 1. The van der Waals surface area contributed by atoms with Gasteiger partial charge in [0.25, 0.3) is 7.37 Å². The molecule has 6 heteroatoms. The zero-order valence-electron chi connectivity index (χ0n) is 8.41. The van der Waals surface area contributed by atoms with Crippen LogP contribution in [0.25, 0.3) is 0 Å². The molecular formula is C10H10NO4P. The Balaban J connectivity index is 2.31. The van der Waals surface area contributed by atoms with Gasteiger partial charge in [-0.1, -0.05) is 18.2 Å². The SMILES string of the molecule is O=[N+]([O-])c1ccccc1OP1(=O)C=CCC1. The third-order valence-electron chi connectivity index (χ3n) is 2.25. The van der Waals surface area contributed by atoms with Gasteiger partial charge in [-0.15, -0.1) is 0 Å². The summed E-state index contributed by atoms with van der Waals surface area (Å²) in [4.78, 5) is 10.2. The van der Waals surface area contributed by atoms with Crippen molar-refractivity contribution in [2.45, 2.75) is 6.42 Å². The number of benzene rings is 1. The van der Waals surface area contributed by atoms with Crippen molar-refractivity contribution in [3.05, 3.63) is 46.3 Å². The minimum Gasteiger partial charge on any atom is -0.433 e. The Bertz CT molecular complexity index is 497. The molecule has 1 heterocycles. The molecule has 2 rings (SSSR count). The molecular weight excluding hydrogens is 229 g/mol. The van der Waals surface area contributed by atoms with Crippen LogP contribution >= 0.6 is 7.37 Å². The summed E-state index contributed by atoms with van der Waals surface area (Å²) in [7, 11) is -2.84. The number of nitro benzene ring substituents is 1. The van der Waals surface area contributed by atoms with E-state index < -0.39 is 12.3 Å². The molecule has 0 spiro atoms. The lowest BCUT2D eigenvalue weighted by atomic mass is 10.3. The van der Waals surface area contributed by atoms with Crippen LogP contribution in [0.2, 0.25) is 0 Å². The molecule has 84 valence electrons. The molecule has 1 aromatic carbocycles. The highest BCUT2D eigenvalue weighted by Gasteiger charge is 2.27. The van der Waals surface area contributed by atoms with Crippen LogP contribution in [0.5, 0.6) is 5.75 Å². The maximum atomic E-state index is 12.0. The molecule has 1 aliphatic heterocycles. The third kappa shape index (κ3) is 2.14. The van der Waals surface area contributed by atoms with Crippen molar-refractivity contribution >= 4 is 13.1 Å². The first kappa shape index (κ1) is 10.9. The van der Waals surface area contributed by atoms with Crippen LogP contribution in [-0.2, 0) is 4.57 Å². The van der Waals surface area contributed by atoms with Crippen LogP contribution in [0.15, 0.2) is 36.2 Å². The first-order valence-electron chi connectivity index (χ1n) is 4.80. The monoisotopic (exact) mass is 239 g/mol. The molecule has 0 aromatic heterocycles. The van der Waals surface area contributed by atoms with E-state index in [2.05, 4.69) is 0 Å². The van der Waals surface area contributed by atoms with E-state index in [0.29, 0.717) is 12.6 Å². The van der Waals surface area contributed by atoms with Crippen molar-refractivity contribution < 1.29 is 14.0 Å². The van der Waals surface area contributed by atoms with Crippen molar-refractivity contribution in [2.24, 2.45) is 0 Å². The van der Waals surface area contributed by atoms with Gasteiger partial charge >= 0.3 is 5.69 Å². The Labute approximate surface area is 92.3 Å². The van der Waals surface area contributed by atoms with E-state index in [4.69, 9.17) is 4.52 Å².